The zero-order chi connectivity index (χ0) is 14.3. The molecule has 0 aliphatic carbocycles. The summed E-state index contributed by atoms with van der Waals surface area (Å²) in [5.74, 6) is 0.176. The van der Waals surface area contributed by atoms with Crippen molar-refractivity contribution in [2.45, 2.75) is 12.5 Å². The highest BCUT2D eigenvalue weighted by Gasteiger charge is 2.28. The topological polar surface area (TPSA) is 26.3 Å². The summed E-state index contributed by atoms with van der Waals surface area (Å²) in [7, 11) is 0. The Balaban J connectivity index is 1.98. The van der Waals surface area contributed by atoms with Gasteiger partial charge in [0.05, 0.1) is 16.5 Å². The van der Waals surface area contributed by atoms with Gasteiger partial charge >= 0.3 is 0 Å². The minimum atomic E-state index is -0.452. The number of ether oxygens (including phenoxy) is 1. The molecule has 1 aliphatic heterocycles. The maximum atomic E-state index is 13.6. The number of ketones is 1. The minimum Gasteiger partial charge on any atom is -0.484 e. The number of Topliss-reactive ketones (excluding diaryl/α,β-unsaturated/α-hetero) is 1. The number of hydrogen-bond acceptors (Lipinski definition) is 2. The van der Waals surface area contributed by atoms with Crippen LogP contribution in [0, 0.1) is 5.82 Å². The van der Waals surface area contributed by atoms with Crippen LogP contribution < -0.4 is 4.74 Å². The van der Waals surface area contributed by atoms with Crippen LogP contribution >= 0.6 is 31.9 Å². The van der Waals surface area contributed by atoms with E-state index in [0.717, 1.165) is 4.47 Å². The summed E-state index contributed by atoms with van der Waals surface area (Å²) in [6, 6.07) is 10.1. The van der Waals surface area contributed by atoms with Gasteiger partial charge in [-0.15, -0.1) is 0 Å². The van der Waals surface area contributed by atoms with Gasteiger partial charge in [0.25, 0.3) is 0 Å². The first-order valence-electron chi connectivity index (χ1n) is 5.99. The molecule has 2 aromatic carbocycles. The Hall–Kier alpha value is -1.20. The van der Waals surface area contributed by atoms with Gasteiger partial charge in [-0.1, -0.05) is 22.0 Å². The highest BCUT2D eigenvalue weighted by atomic mass is 79.9. The highest BCUT2D eigenvalue weighted by Crippen LogP contribution is 2.37. The predicted octanol–water partition coefficient (Wildman–Crippen LogP) is 5.06. The van der Waals surface area contributed by atoms with E-state index in [1.54, 1.807) is 30.3 Å². The number of fused-ring (bicyclic) bond motifs is 1. The second-order valence-corrected chi connectivity index (χ2v) is 6.32. The minimum absolute atomic E-state index is 0.00655. The second kappa shape index (κ2) is 5.30. The van der Waals surface area contributed by atoms with Crippen molar-refractivity contribution in [1.82, 2.24) is 0 Å². The fourth-order valence-electron chi connectivity index (χ4n) is 2.20. The van der Waals surface area contributed by atoms with Crippen molar-refractivity contribution in [3.8, 4) is 5.75 Å². The first kappa shape index (κ1) is 13.8. The Labute approximate surface area is 132 Å². The third-order valence-electron chi connectivity index (χ3n) is 3.20. The molecule has 0 amide bonds. The molecule has 1 atom stereocenters. The Morgan fingerprint density at radius 1 is 1.15 bits per heavy atom. The van der Waals surface area contributed by atoms with Crippen molar-refractivity contribution in [1.29, 1.82) is 0 Å². The van der Waals surface area contributed by atoms with Gasteiger partial charge in [0.2, 0.25) is 0 Å². The average molecular weight is 400 g/mol. The number of carbonyl (C=O) groups is 1. The third-order valence-corrected chi connectivity index (χ3v) is 4.34. The lowest BCUT2D eigenvalue weighted by atomic mass is 9.96. The second-order valence-electron chi connectivity index (χ2n) is 4.55. The molecule has 1 aliphatic rings. The number of benzene rings is 2. The standard InChI is InChI=1S/C15H9Br2FO2/c16-9-2-3-10-13(19)7-14(20-15(10)6-9)8-1-4-11(17)12(18)5-8/h1-6,14H,7H2. The first-order chi connectivity index (χ1) is 9.54. The maximum Gasteiger partial charge on any atom is 0.170 e. The molecule has 2 nitrogen and oxygen atoms in total. The molecular weight excluding hydrogens is 391 g/mol. The van der Waals surface area contributed by atoms with E-state index >= 15 is 0 Å². The van der Waals surface area contributed by atoms with Crippen molar-refractivity contribution in [2.75, 3.05) is 0 Å². The molecule has 0 fully saturated rings. The number of halogens is 3. The number of rotatable bonds is 1. The van der Waals surface area contributed by atoms with Crippen molar-refractivity contribution >= 4 is 37.6 Å². The molecule has 0 spiro atoms. The molecule has 2 aromatic rings. The van der Waals surface area contributed by atoms with E-state index in [2.05, 4.69) is 31.9 Å². The Morgan fingerprint density at radius 3 is 2.70 bits per heavy atom. The quantitative estimate of drug-likeness (QED) is 0.670. The van der Waals surface area contributed by atoms with Gasteiger partial charge in [0, 0.05) is 4.47 Å². The summed E-state index contributed by atoms with van der Waals surface area (Å²) in [4.78, 5) is 12.1. The summed E-state index contributed by atoms with van der Waals surface area (Å²) in [5.41, 5.74) is 1.23. The van der Waals surface area contributed by atoms with E-state index < -0.39 is 6.10 Å². The van der Waals surface area contributed by atoms with E-state index in [0.29, 0.717) is 21.3 Å². The highest BCUT2D eigenvalue weighted by molar-refractivity contribution is 9.10. The summed E-state index contributed by atoms with van der Waals surface area (Å²) in [6.07, 6.45) is -0.234. The van der Waals surface area contributed by atoms with Crippen LogP contribution in [0.2, 0.25) is 0 Å². The number of carbonyl (C=O) groups excluding carboxylic acids is 1. The first-order valence-corrected chi connectivity index (χ1v) is 7.57. The van der Waals surface area contributed by atoms with Crippen LogP contribution in [0.5, 0.6) is 5.75 Å². The molecule has 20 heavy (non-hydrogen) atoms. The zero-order valence-corrected chi connectivity index (χ0v) is 13.4. The molecule has 1 heterocycles. The van der Waals surface area contributed by atoms with Gasteiger partial charge in [0.15, 0.2) is 5.78 Å². The molecule has 0 N–H and O–H groups in total. The summed E-state index contributed by atoms with van der Waals surface area (Å²) in [5, 5.41) is 0. The van der Waals surface area contributed by atoms with Gasteiger partial charge in [-0.25, -0.2) is 4.39 Å². The molecule has 0 saturated heterocycles. The molecule has 3 rings (SSSR count). The van der Waals surface area contributed by atoms with Gasteiger partial charge in [-0.05, 0) is 51.8 Å². The molecule has 0 aromatic heterocycles. The molecule has 102 valence electrons. The summed E-state index contributed by atoms with van der Waals surface area (Å²) < 4.78 is 20.7. The maximum absolute atomic E-state index is 13.6. The lowest BCUT2D eigenvalue weighted by Crippen LogP contribution is -2.20. The van der Waals surface area contributed by atoms with Crippen LogP contribution in [0.15, 0.2) is 45.3 Å². The molecule has 1 unspecified atom stereocenters. The molecule has 0 saturated carbocycles. The lowest BCUT2D eigenvalue weighted by Gasteiger charge is -2.25. The fourth-order valence-corrected chi connectivity index (χ4v) is 2.78. The van der Waals surface area contributed by atoms with Crippen LogP contribution in [0.4, 0.5) is 4.39 Å². The Kier molecular flexibility index (Phi) is 3.65. The van der Waals surface area contributed by atoms with Crippen molar-refractivity contribution in [2.24, 2.45) is 0 Å². The van der Waals surface area contributed by atoms with Crippen LogP contribution in [0.1, 0.15) is 28.4 Å². The SMILES string of the molecule is O=C1CC(c2ccc(Br)c(F)c2)Oc2cc(Br)ccc21. The van der Waals surface area contributed by atoms with E-state index in [4.69, 9.17) is 4.74 Å². The van der Waals surface area contributed by atoms with Gasteiger partial charge in [-0.3, -0.25) is 4.79 Å². The van der Waals surface area contributed by atoms with E-state index in [9.17, 15) is 9.18 Å². The van der Waals surface area contributed by atoms with Crippen LogP contribution in [0.25, 0.3) is 0 Å². The lowest BCUT2D eigenvalue weighted by molar-refractivity contribution is 0.0849. The summed E-state index contributed by atoms with van der Waals surface area (Å²) >= 11 is 6.46. The molecular formula is C15H9Br2FO2. The van der Waals surface area contributed by atoms with Crippen molar-refractivity contribution < 1.29 is 13.9 Å². The van der Waals surface area contributed by atoms with E-state index in [1.165, 1.54) is 6.07 Å². The van der Waals surface area contributed by atoms with Gasteiger partial charge in [0.1, 0.15) is 17.7 Å². The largest absolute Gasteiger partial charge is 0.484 e. The molecule has 5 heteroatoms. The zero-order valence-electron chi connectivity index (χ0n) is 10.2. The van der Waals surface area contributed by atoms with Crippen molar-refractivity contribution in [3.63, 3.8) is 0 Å². The smallest absolute Gasteiger partial charge is 0.170 e. The Bertz CT molecular complexity index is 700. The third kappa shape index (κ3) is 2.52. The van der Waals surface area contributed by atoms with E-state index in [1.807, 2.05) is 0 Å². The fraction of sp³-hybridized carbons (Fsp3) is 0.133. The molecule has 0 radical (unpaired) electrons. The molecule has 0 bridgehead atoms. The van der Waals surface area contributed by atoms with Crippen LogP contribution in [0.3, 0.4) is 0 Å². The Morgan fingerprint density at radius 2 is 1.95 bits per heavy atom. The van der Waals surface area contributed by atoms with Crippen molar-refractivity contribution in [3.05, 3.63) is 62.3 Å². The monoisotopic (exact) mass is 398 g/mol. The average Bonchev–Trinajstić information content (AvgIpc) is 2.41. The van der Waals surface area contributed by atoms with E-state index in [-0.39, 0.29) is 18.0 Å². The van der Waals surface area contributed by atoms with Gasteiger partial charge < -0.3 is 4.74 Å². The normalized spacial score (nSPS) is 17.6. The van der Waals surface area contributed by atoms with Crippen LogP contribution in [-0.2, 0) is 0 Å². The predicted molar refractivity (Wildman–Crippen MR) is 80.6 cm³/mol. The number of hydrogen-bond donors (Lipinski definition) is 0. The van der Waals surface area contributed by atoms with Crippen LogP contribution in [-0.4, -0.2) is 5.78 Å². The van der Waals surface area contributed by atoms with Gasteiger partial charge in [-0.2, -0.15) is 0 Å². The summed E-state index contributed by atoms with van der Waals surface area (Å²) in [6.45, 7) is 0.